The molecule has 4 rings (SSSR count). The number of piperidine rings is 1. The van der Waals surface area contributed by atoms with Crippen molar-refractivity contribution in [1.29, 1.82) is 0 Å². The molecule has 0 radical (unpaired) electrons. The van der Waals surface area contributed by atoms with Crippen LogP contribution in [0.25, 0.3) is 11.3 Å². The molecular formula is C18H19N5O2. The highest BCUT2D eigenvalue weighted by molar-refractivity contribution is 5.98. The quantitative estimate of drug-likeness (QED) is 0.794. The van der Waals surface area contributed by atoms with Crippen molar-refractivity contribution in [3.05, 3.63) is 54.1 Å². The van der Waals surface area contributed by atoms with Gasteiger partial charge in [0.2, 0.25) is 5.89 Å². The second-order valence-corrected chi connectivity index (χ2v) is 6.25. The Bertz CT molecular complexity index is 870. The van der Waals surface area contributed by atoms with Gasteiger partial charge in [-0.25, -0.2) is 4.98 Å². The van der Waals surface area contributed by atoms with Crippen LogP contribution in [0.4, 0.5) is 0 Å². The molecule has 3 heterocycles. The zero-order valence-electron chi connectivity index (χ0n) is 14.0. The first kappa shape index (κ1) is 15.6. The number of benzene rings is 1. The molecule has 7 nitrogen and oxygen atoms in total. The van der Waals surface area contributed by atoms with Gasteiger partial charge in [0.1, 0.15) is 11.4 Å². The molecule has 1 aliphatic heterocycles. The number of rotatable bonds is 3. The van der Waals surface area contributed by atoms with Crippen LogP contribution in [0.1, 0.15) is 41.0 Å². The van der Waals surface area contributed by atoms with E-state index in [9.17, 15) is 4.79 Å². The second kappa shape index (κ2) is 6.51. The van der Waals surface area contributed by atoms with Gasteiger partial charge in [0.15, 0.2) is 5.82 Å². The number of aryl methyl sites for hydroxylation is 1. The Morgan fingerprint density at radius 3 is 2.92 bits per heavy atom. The Kier molecular flexibility index (Phi) is 4.05. The molecule has 0 aliphatic carbocycles. The number of amides is 1. The van der Waals surface area contributed by atoms with Crippen LogP contribution in [-0.4, -0.2) is 44.0 Å². The van der Waals surface area contributed by atoms with Gasteiger partial charge < -0.3 is 14.4 Å². The number of aromatic amines is 1. The number of carbonyl (C=O) groups is 1. The number of carbonyl (C=O) groups excluding carboxylic acids is 1. The van der Waals surface area contributed by atoms with E-state index in [1.54, 1.807) is 13.3 Å². The summed E-state index contributed by atoms with van der Waals surface area (Å²) in [5, 5.41) is 4.02. The fourth-order valence-electron chi connectivity index (χ4n) is 3.28. The van der Waals surface area contributed by atoms with Gasteiger partial charge in [-0.3, -0.25) is 4.79 Å². The first-order valence-electron chi connectivity index (χ1n) is 8.40. The molecular weight excluding hydrogens is 318 g/mol. The average molecular weight is 337 g/mol. The molecule has 128 valence electrons. The average Bonchev–Trinajstić information content (AvgIpc) is 3.31. The van der Waals surface area contributed by atoms with Crippen molar-refractivity contribution in [3.8, 4) is 11.3 Å². The largest absolute Gasteiger partial charge is 0.340 e. The van der Waals surface area contributed by atoms with Gasteiger partial charge in [0.05, 0.1) is 6.33 Å². The SMILES string of the molecule is Cc1nc([C@H]2CCCN(C(=O)c3[nH]cnc3-c3ccccc3)C2)no1. The molecule has 0 spiro atoms. The molecule has 7 heteroatoms. The molecule has 1 N–H and O–H groups in total. The van der Waals surface area contributed by atoms with E-state index in [0.717, 1.165) is 24.9 Å². The lowest BCUT2D eigenvalue weighted by atomic mass is 9.97. The number of nitrogens with zero attached hydrogens (tertiary/aromatic N) is 4. The lowest BCUT2D eigenvalue weighted by Crippen LogP contribution is -2.39. The number of imidazole rings is 1. The van der Waals surface area contributed by atoms with E-state index in [1.165, 1.54) is 0 Å². The van der Waals surface area contributed by atoms with Gasteiger partial charge in [0.25, 0.3) is 5.91 Å². The Balaban J connectivity index is 1.56. The van der Waals surface area contributed by atoms with Gasteiger partial charge in [-0.15, -0.1) is 0 Å². The number of likely N-dealkylation sites (tertiary alicyclic amines) is 1. The minimum absolute atomic E-state index is 0.0405. The van der Waals surface area contributed by atoms with Crippen molar-refractivity contribution in [2.24, 2.45) is 0 Å². The third-order valence-corrected chi connectivity index (χ3v) is 4.52. The summed E-state index contributed by atoms with van der Waals surface area (Å²) in [5.74, 6) is 1.31. The van der Waals surface area contributed by atoms with E-state index < -0.39 is 0 Å². The van der Waals surface area contributed by atoms with Gasteiger partial charge >= 0.3 is 0 Å². The van der Waals surface area contributed by atoms with Crippen LogP contribution in [-0.2, 0) is 0 Å². The normalized spacial score (nSPS) is 17.6. The molecule has 25 heavy (non-hydrogen) atoms. The maximum absolute atomic E-state index is 13.0. The summed E-state index contributed by atoms with van der Waals surface area (Å²) in [6.07, 6.45) is 3.44. The van der Waals surface area contributed by atoms with E-state index in [2.05, 4.69) is 20.1 Å². The predicted octanol–water partition coefficient (Wildman–Crippen LogP) is 2.79. The zero-order chi connectivity index (χ0) is 17.2. The first-order chi connectivity index (χ1) is 12.2. The van der Waals surface area contributed by atoms with Crippen molar-refractivity contribution < 1.29 is 9.32 Å². The maximum Gasteiger partial charge on any atom is 0.272 e. The maximum atomic E-state index is 13.0. The number of nitrogens with one attached hydrogen (secondary N) is 1. The van der Waals surface area contributed by atoms with Crippen LogP contribution in [0.2, 0.25) is 0 Å². The summed E-state index contributed by atoms with van der Waals surface area (Å²) in [6.45, 7) is 3.09. The van der Waals surface area contributed by atoms with Crippen LogP contribution >= 0.6 is 0 Å². The summed E-state index contributed by atoms with van der Waals surface area (Å²) in [4.78, 5) is 26.5. The molecule has 0 saturated carbocycles. The van der Waals surface area contributed by atoms with E-state index in [0.29, 0.717) is 29.6 Å². The summed E-state index contributed by atoms with van der Waals surface area (Å²) >= 11 is 0. The van der Waals surface area contributed by atoms with Crippen molar-refractivity contribution in [3.63, 3.8) is 0 Å². The molecule has 0 bridgehead atoms. The van der Waals surface area contributed by atoms with Crippen LogP contribution in [0.15, 0.2) is 41.2 Å². The van der Waals surface area contributed by atoms with E-state index in [4.69, 9.17) is 4.52 Å². The third-order valence-electron chi connectivity index (χ3n) is 4.52. The van der Waals surface area contributed by atoms with E-state index in [1.807, 2.05) is 35.2 Å². The lowest BCUT2D eigenvalue weighted by molar-refractivity contribution is 0.0699. The van der Waals surface area contributed by atoms with Gasteiger partial charge in [0, 0.05) is 31.5 Å². The molecule has 0 unspecified atom stereocenters. The Morgan fingerprint density at radius 1 is 1.32 bits per heavy atom. The Hall–Kier alpha value is -2.96. The highest BCUT2D eigenvalue weighted by atomic mass is 16.5. The molecule has 1 aliphatic rings. The summed E-state index contributed by atoms with van der Waals surface area (Å²) in [5.41, 5.74) is 2.13. The second-order valence-electron chi connectivity index (χ2n) is 6.25. The Morgan fingerprint density at radius 2 is 2.16 bits per heavy atom. The van der Waals surface area contributed by atoms with Crippen LogP contribution in [0.3, 0.4) is 0 Å². The minimum atomic E-state index is -0.0405. The van der Waals surface area contributed by atoms with Gasteiger partial charge in [-0.2, -0.15) is 4.98 Å². The van der Waals surface area contributed by atoms with Gasteiger partial charge in [-0.05, 0) is 12.8 Å². The van der Waals surface area contributed by atoms with E-state index in [-0.39, 0.29) is 11.8 Å². The topological polar surface area (TPSA) is 87.9 Å². The summed E-state index contributed by atoms with van der Waals surface area (Å²) in [7, 11) is 0. The number of hydrogen-bond donors (Lipinski definition) is 1. The van der Waals surface area contributed by atoms with Crippen molar-refractivity contribution in [1.82, 2.24) is 25.0 Å². The monoisotopic (exact) mass is 337 g/mol. The third kappa shape index (κ3) is 3.05. The van der Waals surface area contributed by atoms with Crippen LogP contribution < -0.4 is 0 Å². The standard InChI is InChI=1S/C18H19N5O2/c1-12-21-17(22-25-12)14-8-5-9-23(10-14)18(24)16-15(19-11-20-16)13-6-3-2-4-7-13/h2-4,6-7,11,14H,5,8-10H2,1H3,(H,19,20)/t14-/m0/s1. The molecule has 1 fully saturated rings. The highest BCUT2D eigenvalue weighted by Crippen LogP contribution is 2.27. The van der Waals surface area contributed by atoms with Crippen LogP contribution in [0, 0.1) is 6.92 Å². The zero-order valence-corrected chi connectivity index (χ0v) is 14.0. The molecule has 2 aromatic heterocycles. The number of H-pyrrole nitrogens is 1. The predicted molar refractivity (Wildman–Crippen MR) is 90.9 cm³/mol. The molecule has 3 aromatic rings. The number of hydrogen-bond acceptors (Lipinski definition) is 5. The molecule has 1 atom stereocenters. The fourth-order valence-corrected chi connectivity index (χ4v) is 3.28. The first-order valence-corrected chi connectivity index (χ1v) is 8.40. The molecule has 1 aromatic carbocycles. The van der Waals surface area contributed by atoms with Gasteiger partial charge in [-0.1, -0.05) is 35.5 Å². The van der Waals surface area contributed by atoms with E-state index >= 15 is 0 Å². The van der Waals surface area contributed by atoms with Crippen molar-refractivity contribution in [2.45, 2.75) is 25.7 Å². The Labute approximate surface area is 145 Å². The summed E-state index contributed by atoms with van der Waals surface area (Å²) < 4.78 is 5.08. The molecule has 1 saturated heterocycles. The minimum Gasteiger partial charge on any atom is -0.340 e. The lowest BCUT2D eigenvalue weighted by Gasteiger charge is -2.31. The van der Waals surface area contributed by atoms with Crippen molar-refractivity contribution >= 4 is 5.91 Å². The number of aromatic nitrogens is 4. The van der Waals surface area contributed by atoms with Crippen LogP contribution in [0.5, 0.6) is 0 Å². The molecule has 1 amide bonds. The summed E-state index contributed by atoms with van der Waals surface area (Å²) in [6, 6.07) is 9.73. The smallest absolute Gasteiger partial charge is 0.272 e. The van der Waals surface area contributed by atoms with Crippen molar-refractivity contribution in [2.75, 3.05) is 13.1 Å². The fraction of sp³-hybridized carbons (Fsp3) is 0.333. The highest BCUT2D eigenvalue weighted by Gasteiger charge is 2.30.